The third kappa shape index (κ3) is 3.01. The van der Waals surface area contributed by atoms with Gasteiger partial charge < -0.3 is 15.2 Å². The highest BCUT2D eigenvalue weighted by Crippen LogP contribution is 2.24. The van der Waals surface area contributed by atoms with E-state index in [1.807, 2.05) is 29.5 Å². The van der Waals surface area contributed by atoms with Crippen molar-refractivity contribution in [2.24, 2.45) is 11.7 Å². The number of likely N-dealkylation sites (tertiary alicyclic amines) is 1. The molecule has 1 aromatic rings. The highest BCUT2D eigenvalue weighted by atomic mass is 35.5. The number of carbonyl (C=O) groups excluding carboxylic acids is 1. The SMILES string of the molecule is CCC1CN(C(=O)c2cc(Cl)cn2C(C)C)CCC1N. The molecule has 1 aliphatic heterocycles. The number of nitrogens with two attached hydrogens (primary N) is 1. The van der Waals surface area contributed by atoms with E-state index >= 15 is 0 Å². The van der Waals surface area contributed by atoms with Gasteiger partial charge in [0, 0.05) is 31.4 Å². The molecule has 1 aromatic heterocycles. The fourth-order valence-corrected chi connectivity index (χ4v) is 3.08. The minimum atomic E-state index is 0.0657. The van der Waals surface area contributed by atoms with E-state index in [0.717, 1.165) is 25.9 Å². The molecule has 2 heterocycles. The standard InChI is InChI=1S/C15H24ClN3O/c1-4-11-8-18(6-5-13(11)17)15(20)14-7-12(16)9-19(14)10(2)3/h7,9-11,13H,4-6,8,17H2,1-3H3. The summed E-state index contributed by atoms with van der Waals surface area (Å²) in [6.07, 6.45) is 3.71. The number of halogens is 1. The van der Waals surface area contributed by atoms with Crippen LogP contribution in [-0.4, -0.2) is 34.5 Å². The number of aromatic nitrogens is 1. The van der Waals surface area contributed by atoms with Crippen molar-refractivity contribution in [2.75, 3.05) is 13.1 Å². The molecule has 20 heavy (non-hydrogen) atoms. The quantitative estimate of drug-likeness (QED) is 0.932. The molecule has 1 fully saturated rings. The third-order valence-electron chi connectivity index (χ3n) is 4.19. The molecule has 1 aliphatic rings. The van der Waals surface area contributed by atoms with Crippen LogP contribution in [0.5, 0.6) is 0 Å². The van der Waals surface area contributed by atoms with Crippen LogP contribution in [0.2, 0.25) is 5.02 Å². The number of amides is 1. The molecule has 2 N–H and O–H groups in total. The van der Waals surface area contributed by atoms with Crippen LogP contribution < -0.4 is 5.73 Å². The molecule has 2 atom stereocenters. The van der Waals surface area contributed by atoms with Crippen LogP contribution in [0.15, 0.2) is 12.3 Å². The van der Waals surface area contributed by atoms with Gasteiger partial charge in [-0.2, -0.15) is 0 Å². The smallest absolute Gasteiger partial charge is 0.270 e. The number of piperidine rings is 1. The first-order valence-electron chi connectivity index (χ1n) is 7.36. The molecular weight excluding hydrogens is 274 g/mol. The van der Waals surface area contributed by atoms with Crippen molar-refractivity contribution in [2.45, 2.75) is 45.7 Å². The van der Waals surface area contributed by atoms with E-state index in [1.165, 1.54) is 0 Å². The van der Waals surface area contributed by atoms with Crippen molar-refractivity contribution in [1.82, 2.24) is 9.47 Å². The average Bonchev–Trinajstić information content (AvgIpc) is 2.81. The molecule has 112 valence electrons. The van der Waals surface area contributed by atoms with Crippen LogP contribution in [0.1, 0.15) is 50.1 Å². The molecule has 1 saturated heterocycles. The summed E-state index contributed by atoms with van der Waals surface area (Å²) in [5.41, 5.74) is 6.78. The Balaban J connectivity index is 2.19. The Morgan fingerprint density at radius 3 is 2.85 bits per heavy atom. The normalized spacial score (nSPS) is 23.4. The number of nitrogens with zero attached hydrogens (tertiary/aromatic N) is 2. The van der Waals surface area contributed by atoms with Crippen LogP contribution in [0, 0.1) is 5.92 Å². The molecule has 2 unspecified atom stereocenters. The number of carbonyl (C=O) groups is 1. The van der Waals surface area contributed by atoms with Crippen LogP contribution >= 0.6 is 11.6 Å². The second-order valence-corrected chi connectivity index (χ2v) is 6.35. The fraction of sp³-hybridized carbons (Fsp3) is 0.667. The lowest BCUT2D eigenvalue weighted by Gasteiger charge is -2.36. The van der Waals surface area contributed by atoms with Crippen LogP contribution in [0.25, 0.3) is 0 Å². The Morgan fingerprint density at radius 1 is 1.55 bits per heavy atom. The summed E-state index contributed by atoms with van der Waals surface area (Å²) in [5, 5.41) is 0.614. The van der Waals surface area contributed by atoms with Gasteiger partial charge in [-0.15, -0.1) is 0 Å². The van der Waals surface area contributed by atoms with Crippen molar-refractivity contribution in [3.05, 3.63) is 23.0 Å². The van der Waals surface area contributed by atoms with Gasteiger partial charge in [0.25, 0.3) is 5.91 Å². The first-order chi connectivity index (χ1) is 9.43. The van der Waals surface area contributed by atoms with Gasteiger partial charge in [0.05, 0.1) is 5.02 Å². The van der Waals surface area contributed by atoms with Crippen molar-refractivity contribution in [3.63, 3.8) is 0 Å². The topological polar surface area (TPSA) is 51.3 Å². The first-order valence-corrected chi connectivity index (χ1v) is 7.74. The highest BCUT2D eigenvalue weighted by molar-refractivity contribution is 6.31. The molecular formula is C15H24ClN3O. The maximum atomic E-state index is 12.7. The van der Waals surface area contributed by atoms with Gasteiger partial charge in [0.15, 0.2) is 0 Å². The minimum Gasteiger partial charge on any atom is -0.339 e. The largest absolute Gasteiger partial charge is 0.339 e. The monoisotopic (exact) mass is 297 g/mol. The van der Waals surface area contributed by atoms with E-state index in [0.29, 0.717) is 16.6 Å². The Labute approximate surface area is 125 Å². The van der Waals surface area contributed by atoms with Crippen molar-refractivity contribution >= 4 is 17.5 Å². The maximum Gasteiger partial charge on any atom is 0.270 e. The lowest BCUT2D eigenvalue weighted by Crippen LogP contribution is -2.49. The summed E-state index contributed by atoms with van der Waals surface area (Å²) in [6.45, 7) is 7.71. The maximum absolute atomic E-state index is 12.7. The summed E-state index contributed by atoms with van der Waals surface area (Å²) < 4.78 is 1.94. The minimum absolute atomic E-state index is 0.0657. The zero-order valence-electron chi connectivity index (χ0n) is 12.5. The van der Waals surface area contributed by atoms with E-state index in [-0.39, 0.29) is 18.0 Å². The Kier molecular flexibility index (Phi) is 4.76. The summed E-state index contributed by atoms with van der Waals surface area (Å²) in [5.74, 6) is 0.460. The van der Waals surface area contributed by atoms with Gasteiger partial charge in [-0.05, 0) is 32.3 Å². The van der Waals surface area contributed by atoms with Gasteiger partial charge in [-0.3, -0.25) is 4.79 Å². The molecule has 0 radical (unpaired) electrons. The van der Waals surface area contributed by atoms with Crippen molar-refractivity contribution in [1.29, 1.82) is 0 Å². The molecule has 2 rings (SSSR count). The van der Waals surface area contributed by atoms with Gasteiger partial charge in [-0.1, -0.05) is 24.9 Å². The number of hydrogen-bond acceptors (Lipinski definition) is 2. The van der Waals surface area contributed by atoms with Gasteiger partial charge in [0.2, 0.25) is 0 Å². The van der Waals surface area contributed by atoms with Crippen LogP contribution in [0.3, 0.4) is 0 Å². The van der Waals surface area contributed by atoms with E-state index < -0.39 is 0 Å². The zero-order chi connectivity index (χ0) is 14.9. The second kappa shape index (κ2) is 6.19. The molecule has 1 amide bonds. The summed E-state index contributed by atoms with van der Waals surface area (Å²) in [7, 11) is 0. The molecule has 0 spiro atoms. The van der Waals surface area contributed by atoms with Gasteiger partial charge in [-0.25, -0.2) is 0 Å². The lowest BCUT2D eigenvalue weighted by atomic mass is 9.90. The molecule has 0 bridgehead atoms. The Bertz CT molecular complexity index is 483. The number of rotatable bonds is 3. The number of hydrogen-bond donors (Lipinski definition) is 1. The van der Waals surface area contributed by atoms with Gasteiger partial charge in [0.1, 0.15) is 5.69 Å². The van der Waals surface area contributed by atoms with Crippen LogP contribution in [-0.2, 0) is 0 Å². The van der Waals surface area contributed by atoms with Gasteiger partial charge >= 0.3 is 0 Å². The molecule has 0 saturated carbocycles. The fourth-order valence-electron chi connectivity index (χ4n) is 2.87. The lowest BCUT2D eigenvalue weighted by molar-refractivity contribution is 0.0636. The van der Waals surface area contributed by atoms with E-state index in [1.54, 1.807) is 6.07 Å². The summed E-state index contributed by atoms with van der Waals surface area (Å²) >= 11 is 6.06. The molecule has 5 heteroatoms. The van der Waals surface area contributed by atoms with Crippen LogP contribution in [0.4, 0.5) is 0 Å². The summed E-state index contributed by atoms with van der Waals surface area (Å²) in [4.78, 5) is 14.6. The zero-order valence-corrected chi connectivity index (χ0v) is 13.2. The average molecular weight is 298 g/mol. The Morgan fingerprint density at radius 2 is 2.25 bits per heavy atom. The second-order valence-electron chi connectivity index (χ2n) is 5.92. The highest BCUT2D eigenvalue weighted by Gasteiger charge is 2.30. The predicted octanol–water partition coefficient (Wildman–Crippen LogP) is 2.92. The molecule has 4 nitrogen and oxygen atoms in total. The van der Waals surface area contributed by atoms with Crippen molar-refractivity contribution < 1.29 is 4.79 Å². The Hall–Kier alpha value is -1.00. The predicted molar refractivity (Wildman–Crippen MR) is 82.1 cm³/mol. The summed E-state index contributed by atoms with van der Waals surface area (Å²) in [6, 6.07) is 2.19. The van der Waals surface area contributed by atoms with Crippen molar-refractivity contribution in [3.8, 4) is 0 Å². The van der Waals surface area contributed by atoms with E-state index in [9.17, 15) is 4.79 Å². The molecule has 0 aliphatic carbocycles. The van der Waals surface area contributed by atoms with E-state index in [2.05, 4.69) is 6.92 Å². The molecule has 0 aromatic carbocycles. The van der Waals surface area contributed by atoms with E-state index in [4.69, 9.17) is 17.3 Å². The third-order valence-corrected chi connectivity index (χ3v) is 4.40. The first kappa shape index (κ1) is 15.4.